The largest absolute Gasteiger partial charge is 0.480 e. The van der Waals surface area contributed by atoms with Crippen molar-refractivity contribution < 1.29 is 18.7 Å². The van der Waals surface area contributed by atoms with Crippen molar-refractivity contribution in [3.05, 3.63) is 0 Å². The summed E-state index contributed by atoms with van der Waals surface area (Å²) in [4.78, 5) is 9.86. The van der Waals surface area contributed by atoms with E-state index in [1.165, 1.54) is 0 Å². The van der Waals surface area contributed by atoms with E-state index in [1.54, 1.807) is 0 Å². The second-order valence-corrected chi connectivity index (χ2v) is 1.89. The van der Waals surface area contributed by atoms with Crippen molar-refractivity contribution in [1.82, 2.24) is 0 Å². The van der Waals surface area contributed by atoms with Gasteiger partial charge in [0, 0.05) is 0 Å². The first-order valence-electron chi connectivity index (χ1n) is 2.19. The lowest BCUT2D eigenvalue weighted by Crippen LogP contribution is -2.51. The van der Waals surface area contributed by atoms with E-state index in [-0.39, 0.29) is 0 Å². The van der Waals surface area contributed by atoms with E-state index in [4.69, 9.17) is 5.11 Å². The fourth-order valence-electron chi connectivity index (χ4n) is 0.0933. The van der Waals surface area contributed by atoms with Gasteiger partial charge in [-0.15, -0.1) is 0 Å². The van der Waals surface area contributed by atoms with Crippen molar-refractivity contribution in [3.63, 3.8) is 0 Å². The summed E-state index contributed by atoms with van der Waals surface area (Å²) in [6.07, 6.45) is -3.03. The van der Waals surface area contributed by atoms with Crippen molar-refractivity contribution in [3.8, 4) is 0 Å². The predicted octanol–water partition coefficient (Wildman–Crippen LogP) is 0.0535. The van der Waals surface area contributed by atoms with Crippen LogP contribution in [-0.4, -0.2) is 23.0 Å². The zero-order valence-corrected chi connectivity index (χ0v) is 4.77. The lowest BCUT2D eigenvalue weighted by Gasteiger charge is -2.16. The summed E-state index contributed by atoms with van der Waals surface area (Å²) in [6, 6.07) is 0. The number of halogens is 2. The van der Waals surface area contributed by atoms with E-state index >= 15 is 0 Å². The minimum atomic E-state index is -3.03. The molecule has 3 nitrogen and oxygen atoms in total. The van der Waals surface area contributed by atoms with Crippen LogP contribution in [0.3, 0.4) is 0 Å². The molecule has 0 aliphatic rings. The van der Waals surface area contributed by atoms with Gasteiger partial charge in [-0.1, -0.05) is 0 Å². The van der Waals surface area contributed by atoms with Gasteiger partial charge in [-0.3, -0.25) is 4.79 Å². The van der Waals surface area contributed by atoms with E-state index in [0.29, 0.717) is 0 Å². The zero-order valence-electron chi connectivity index (χ0n) is 4.77. The van der Waals surface area contributed by atoms with E-state index in [2.05, 4.69) is 5.73 Å². The summed E-state index contributed by atoms with van der Waals surface area (Å²) < 4.78 is 23.1. The van der Waals surface area contributed by atoms with Crippen LogP contribution in [0.2, 0.25) is 0 Å². The Bertz CT molecular complexity index is 124. The van der Waals surface area contributed by atoms with Gasteiger partial charge in [0.2, 0.25) is 0 Å². The molecule has 54 valence electrons. The second kappa shape index (κ2) is 2.26. The monoisotopic (exact) mass is 139 g/mol. The Labute approximate surface area is 50.5 Å². The van der Waals surface area contributed by atoms with Gasteiger partial charge < -0.3 is 10.8 Å². The Morgan fingerprint density at radius 1 is 1.78 bits per heavy atom. The number of carboxylic acids is 1. The van der Waals surface area contributed by atoms with Gasteiger partial charge in [0.25, 0.3) is 6.43 Å². The molecule has 9 heavy (non-hydrogen) atoms. The Morgan fingerprint density at radius 3 is 2.11 bits per heavy atom. The van der Waals surface area contributed by atoms with Crippen LogP contribution in [0.4, 0.5) is 8.78 Å². The predicted molar refractivity (Wildman–Crippen MR) is 26.2 cm³/mol. The molecule has 1 unspecified atom stereocenters. The molecular formula is C4H7F2NO2. The third-order valence-electron chi connectivity index (χ3n) is 0.914. The number of nitrogens with two attached hydrogens (primary N) is 1. The molecule has 3 N–H and O–H groups in total. The molecule has 5 heteroatoms. The lowest BCUT2D eigenvalue weighted by molar-refractivity contribution is -0.148. The average Bonchev–Trinajstić information content (AvgIpc) is 1.65. The summed E-state index contributed by atoms with van der Waals surface area (Å²) in [5.41, 5.74) is 2.24. The molecule has 0 saturated carbocycles. The van der Waals surface area contributed by atoms with Gasteiger partial charge in [0.15, 0.2) is 5.54 Å². The van der Waals surface area contributed by atoms with Crippen LogP contribution in [0, 0.1) is 0 Å². The number of aliphatic carboxylic acids is 1. The molecular weight excluding hydrogens is 132 g/mol. The maximum atomic E-state index is 11.6. The first kappa shape index (κ1) is 8.29. The molecule has 0 rings (SSSR count). The van der Waals surface area contributed by atoms with E-state index in [9.17, 15) is 13.6 Å². The highest BCUT2D eigenvalue weighted by Crippen LogP contribution is 2.10. The fourth-order valence-corrected chi connectivity index (χ4v) is 0.0933. The second-order valence-electron chi connectivity index (χ2n) is 1.89. The van der Waals surface area contributed by atoms with E-state index in [0.717, 1.165) is 6.92 Å². The molecule has 1 atom stereocenters. The Kier molecular flexibility index (Phi) is 2.08. The number of hydrogen-bond donors (Lipinski definition) is 2. The number of carboxylic acid groups (broad SMARTS) is 1. The SMILES string of the molecule is CC(N)(C(=O)O)C(F)F. The first-order chi connectivity index (χ1) is 3.89. The van der Waals surface area contributed by atoms with Crippen LogP contribution in [-0.2, 0) is 4.79 Å². The summed E-state index contributed by atoms with van der Waals surface area (Å²) in [6.45, 7) is 0.764. The minimum Gasteiger partial charge on any atom is -0.480 e. The van der Waals surface area contributed by atoms with Crippen molar-refractivity contribution in [2.45, 2.75) is 18.9 Å². The van der Waals surface area contributed by atoms with Crippen LogP contribution >= 0.6 is 0 Å². The van der Waals surface area contributed by atoms with Crippen molar-refractivity contribution in [2.75, 3.05) is 0 Å². The molecule has 0 amide bonds. The average molecular weight is 139 g/mol. The van der Waals surface area contributed by atoms with Gasteiger partial charge in [-0.2, -0.15) is 0 Å². The third-order valence-corrected chi connectivity index (χ3v) is 0.914. The third kappa shape index (κ3) is 1.60. The van der Waals surface area contributed by atoms with Crippen molar-refractivity contribution >= 4 is 5.97 Å². The molecule has 0 radical (unpaired) electrons. The number of hydrogen-bond acceptors (Lipinski definition) is 2. The van der Waals surface area contributed by atoms with Gasteiger partial charge >= 0.3 is 5.97 Å². The van der Waals surface area contributed by atoms with E-state index < -0.39 is 17.9 Å². The molecule has 0 aromatic carbocycles. The Hall–Kier alpha value is -0.710. The Morgan fingerprint density at radius 2 is 2.11 bits per heavy atom. The molecule has 0 aromatic heterocycles. The number of alkyl halides is 2. The van der Waals surface area contributed by atoms with Gasteiger partial charge in [-0.25, -0.2) is 8.78 Å². The Balaban J connectivity index is 4.19. The smallest absolute Gasteiger partial charge is 0.329 e. The molecule has 0 fully saturated rings. The molecule has 0 aliphatic heterocycles. The van der Waals surface area contributed by atoms with Crippen LogP contribution in [0.15, 0.2) is 0 Å². The highest BCUT2D eigenvalue weighted by Gasteiger charge is 2.38. The quantitative estimate of drug-likeness (QED) is 0.568. The molecule has 0 aliphatic carbocycles. The molecule has 0 saturated heterocycles. The summed E-state index contributed by atoms with van der Waals surface area (Å²) >= 11 is 0. The fraction of sp³-hybridized carbons (Fsp3) is 0.750. The standard InChI is InChI=1S/C4H7F2NO2/c1-4(7,2(5)6)3(8)9/h2H,7H2,1H3,(H,8,9). The summed E-state index contributed by atoms with van der Waals surface area (Å²) in [5.74, 6) is -1.70. The highest BCUT2D eigenvalue weighted by atomic mass is 19.3. The molecule has 0 bridgehead atoms. The minimum absolute atomic E-state index is 0.764. The van der Waals surface area contributed by atoms with Crippen LogP contribution in [0.5, 0.6) is 0 Å². The highest BCUT2D eigenvalue weighted by molar-refractivity contribution is 5.78. The van der Waals surface area contributed by atoms with Gasteiger partial charge in [0.1, 0.15) is 0 Å². The normalized spacial score (nSPS) is 17.4. The molecule has 0 aromatic rings. The first-order valence-corrected chi connectivity index (χ1v) is 2.19. The topological polar surface area (TPSA) is 63.3 Å². The maximum absolute atomic E-state index is 11.6. The summed E-state index contributed by atoms with van der Waals surface area (Å²) in [7, 11) is 0. The van der Waals surface area contributed by atoms with Gasteiger partial charge in [-0.05, 0) is 6.92 Å². The van der Waals surface area contributed by atoms with Crippen LogP contribution in [0.1, 0.15) is 6.92 Å². The van der Waals surface area contributed by atoms with Crippen molar-refractivity contribution in [1.29, 1.82) is 0 Å². The zero-order chi connectivity index (χ0) is 7.65. The van der Waals surface area contributed by atoms with Gasteiger partial charge in [0.05, 0.1) is 0 Å². The molecule has 0 spiro atoms. The summed E-state index contributed by atoms with van der Waals surface area (Å²) in [5, 5.41) is 8.01. The lowest BCUT2D eigenvalue weighted by atomic mass is 10.1. The number of carbonyl (C=O) groups is 1. The van der Waals surface area contributed by atoms with Crippen LogP contribution < -0.4 is 5.73 Å². The molecule has 0 heterocycles. The van der Waals surface area contributed by atoms with Crippen LogP contribution in [0.25, 0.3) is 0 Å². The number of rotatable bonds is 2. The van der Waals surface area contributed by atoms with E-state index in [1.807, 2.05) is 0 Å². The maximum Gasteiger partial charge on any atom is 0.329 e. The van der Waals surface area contributed by atoms with Crippen molar-refractivity contribution in [2.24, 2.45) is 5.73 Å².